The van der Waals surface area contributed by atoms with Crippen molar-refractivity contribution < 1.29 is 98.2 Å². The van der Waals surface area contributed by atoms with Crippen molar-refractivity contribution in [3.8, 4) is 46.0 Å². The molecular weight excluding hydrogens is 1120 g/mol. The number of benzene rings is 8. The van der Waals surface area contributed by atoms with Gasteiger partial charge in [0.1, 0.15) is 46.0 Å². The van der Waals surface area contributed by atoms with E-state index in [9.17, 15) is 19.2 Å². The standard InChI is InChI=1S/4C19H22O3.CH4/c4*1-4-21-18-13-16(19(22-5-2)11-14(18)3)12-17(20)15-9-7-6-8-10-15;/h4*6-11,13H,4-5,12H2,1-3H3;1H4/i1D3,2D3,4D2,5D2,6D,7D,8D,9D,10D;6D,7D,8D,9D,10D;1D3,2D3,4D2,5D2;;. The number of carbonyl (C=O) groups excluding carboxylic acids is 4. The van der Waals surface area contributed by atoms with Crippen molar-refractivity contribution in [1.82, 2.24) is 0 Å². The highest BCUT2D eigenvalue weighted by atomic mass is 16.5. The van der Waals surface area contributed by atoms with E-state index in [1.807, 2.05) is 84.0 Å². The molecule has 0 fully saturated rings. The molecule has 8 aromatic rings. The monoisotopic (exact) mass is 1240 g/mol. The first-order valence-corrected chi connectivity index (χ1v) is 27.5. The predicted octanol–water partition coefficient (Wildman–Crippen LogP) is 17.5. The van der Waals surface area contributed by atoms with Gasteiger partial charge in [-0.3, -0.25) is 19.2 Å². The van der Waals surface area contributed by atoms with Crippen LogP contribution in [0.5, 0.6) is 46.0 Å². The summed E-state index contributed by atoms with van der Waals surface area (Å²) in [6.45, 7) is -9.13. The number of aryl methyl sites for hydroxylation is 4. The summed E-state index contributed by atoms with van der Waals surface area (Å²) >= 11 is 0. The number of rotatable bonds is 28. The first-order valence-electron chi connectivity index (χ1n) is 42.5. The lowest BCUT2D eigenvalue weighted by molar-refractivity contribution is 0.0983. The Morgan fingerprint density at radius 3 is 0.843 bits per heavy atom. The second-order valence-electron chi connectivity index (χ2n) is 18.6. The molecule has 89 heavy (non-hydrogen) atoms. The van der Waals surface area contributed by atoms with E-state index >= 15 is 0 Å². The molecule has 12 heteroatoms. The first kappa shape index (κ1) is 39.0. The lowest BCUT2D eigenvalue weighted by Gasteiger charge is -2.15. The van der Waals surface area contributed by atoms with Crippen LogP contribution in [0.15, 0.2) is 170 Å². The van der Waals surface area contributed by atoms with Crippen LogP contribution in [0.3, 0.4) is 0 Å². The van der Waals surface area contributed by atoms with Crippen LogP contribution >= 0.6 is 0 Å². The second kappa shape index (κ2) is 38.9. The van der Waals surface area contributed by atoms with Gasteiger partial charge in [0, 0.05) is 86.6 Å². The number of ketones is 4. The molecular formula is C77H92O12. The van der Waals surface area contributed by atoms with Gasteiger partial charge in [-0.25, -0.2) is 0 Å². The highest BCUT2D eigenvalue weighted by Crippen LogP contribution is 2.34. The van der Waals surface area contributed by atoms with Gasteiger partial charge in [0.15, 0.2) is 23.1 Å². The Balaban J connectivity index is 0.000000338. The van der Waals surface area contributed by atoms with E-state index in [4.69, 9.17) is 79.0 Å². The zero-order chi connectivity index (χ0) is 89.7. The molecule has 0 aliphatic carbocycles. The van der Waals surface area contributed by atoms with Gasteiger partial charge >= 0.3 is 0 Å². The Morgan fingerprint density at radius 1 is 0.337 bits per heavy atom. The predicted molar refractivity (Wildman–Crippen MR) is 359 cm³/mol. The van der Waals surface area contributed by atoms with Gasteiger partial charge < -0.3 is 37.9 Å². The van der Waals surface area contributed by atoms with Crippen molar-refractivity contribution in [3.63, 3.8) is 0 Å². The Hall–Kier alpha value is -9.16. The van der Waals surface area contributed by atoms with Gasteiger partial charge in [-0.1, -0.05) is 129 Å². The largest absolute Gasteiger partial charge is 0.494 e. The number of hydrogen-bond donors (Lipinski definition) is 0. The number of ether oxygens (including phenoxy) is 8. The van der Waals surface area contributed by atoms with Crippen LogP contribution in [0, 0.1) is 27.7 Å². The van der Waals surface area contributed by atoms with E-state index in [0.29, 0.717) is 61.0 Å². The third-order valence-electron chi connectivity index (χ3n) is 12.4. The molecule has 0 N–H and O–H groups in total. The average Bonchev–Trinajstić information content (AvgIpc) is 0.824. The smallest absolute Gasteiger partial charge is 0.167 e. The molecule has 0 bridgehead atoms. The molecule has 0 saturated carbocycles. The third kappa shape index (κ3) is 22.8. The fourth-order valence-electron chi connectivity index (χ4n) is 8.30. The van der Waals surface area contributed by atoms with Crippen molar-refractivity contribution in [3.05, 3.63) is 236 Å². The topological polar surface area (TPSA) is 142 Å². The zero-order valence-corrected chi connectivity index (χ0v) is 49.9. The van der Waals surface area contributed by atoms with Crippen LogP contribution in [0.2, 0.25) is 0 Å². The van der Waals surface area contributed by atoms with Crippen LogP contribution < -0.4 is 37.9 Å². The lowest BCUT2D eigenvalue weighted by atomic mass is 10.0. The molecule has 12 nitrogen and oxygen atoms in total. The fourth-order valence-corrected chi connectivity index (χ4v) is 8.30. The van der Waals surface area contributed by atoms with E-state index in [0.717, 1.165) is 46.4 Å². The fraction of sp³-hybridized carbons (Fsp3) is 0.325. The molecule has 8 aromatic carbocycles. The summed E-state index contributed by atoms with van der Waals surface area (Å²) in [5, 5.41) is 0. The quantitative estimate of drug-likeness (QED) is 0.0431. The van der Waals surface area contributed by atoms with Crippen molar-refractivity contribution in [2.45, 2.75) is 116 Å². The van der Waals surface area contributed by atoms with Gasteiger partial charge in [0.05, 0.1) is 77.3 Å². The van der Waals surface area contributed by atoms with Crippen LogP contribution in [-0.2, 0) is 25.7 Å². The normalized spacial score (nSPS) is 16.3. The Morgan fingerprint density at radius 2 is 0.573 bits per heavy atom. The SMILES string of the molecule is C.CCOc1cc(CC(=O)c2ccccc2)c(OCC)cc1C.[2H]C([2H])([2H])C([2H])([2H])Oc1cc(CC(=O)c2ccccc2)c(OC([2H])([2H])C([2H])([2H])[2H])cc1C.[2H]c1c([2H])c([2H])c(C(=O)Cc2cc(OC([2H])([2H])C([2H])([2H])[2H])c(C)cc2OC([2H])([2H])C([2H])([2H])[2H])c([2H])c1[2H].[2H]c1c([2H])c([2H])c(C(=O)Cc2cc(OCC)c(C)cc2OCC)c([2H])c1[2H]. The van der Waals surface area contributed by atoms with Gasteiger partial charge in [0.2, 0.25) is 0 Å². The molecule has 0 spiro atoms. The van der Waals surface area contributed by atoms with E-state index in [2.05, 4.69) is 0 Å². The molecule has 0 amide bonds. The molecule has 0 radical (unpaired) electrons. The summed E-state index contributed by atoms with van der Waals surface area (Å²) in [5.74, 6) is -0.611. The summed E-state index contributed by atoms with van der Waals surface area (Å²) in [6, 6.07) is 22.6. The van der Waals surface area contributed by atoms with E-state index in [-0.39, 0.29) is 65.4 Å². The molecule has 0 heterocycles. The Bertz CT molecular complexity index is 4850. The van der Waals surface area contributed by atoms with Crippen molar-refractivity contribution in [2.75, 3.05) is 52.7 Å². The number of Topliss-reactive ketones (excluding diaryl/α,β-unsaturated/α-hetero) is 4. The van der Waals surface area contributed by atoms with Crippen LogP contribution in [0.25, 0.3) is 0 Å². The average molecular weight is 1240 g/mol. The van der Waals surface area contributed by atoms with E-state index in [1.54, 1.807) is 42.5 Å². The van der Waals surface area contributed by atoms with Crippen molar-refractivity contribution in [1.29, 1.82) is 0 Å². The van der Waals surface area contributed by atoms with Crippen molar-refractivity contribution >= 4 is 23.1 Å². The van der Waals surface area contributed by atoms with Crippen LogP contribution in [0.4, 0.5) is 0 Å². The van der Waals surface area contributed by atoms with Gasteiger partial charge in [-0.05, 0) is 154 Å². The maximum Gasteiger partial charge on any atom is 0.167 e. The molecule has 0 aromatic heterocycles. The summed E-state index contributed by atoms with van der Waals surface area (Å²) in [4.78, 5) is 51.0. The maximum absolute atomic E-state index is 13.1. The van der Waals surface area contributed by atoms with Gasteiger partial charge in [0.25, 0.3) is 0 Å². The molecule has 472 valence electrons. The van der Waals surface area contributed by atoms with Gasteiger partial charge in [-0.15, -0.1) is 0 Å². The molecule has 0 unspecified atom stereocenters. The molecule has 0 aliphatic rings. The minimum Gasteiger partial charge on any atom is -0.494 e. The lowest BCUT2D eigenvalue weighted by Crippen LogP contribution is -2.07. The van der Waals surface area contributed by atoms with Crippen LogP contribution in [-0.4, -0.2) is 75.8 Å². The minimum absolute atomic E-state index is 0. The van der Waals surface area contributed by atoms with Crippen LogP contribution in [0.1, 0.15) is 190 Å². The molecule has 8 rings (SSSR count). The molecule has 0 aliphatic heterocycles. The van der Waals surface area contributed by atoms with E-state index < -0.39 is 155 Å². The number of carbonyl (C=O) groups is 4. The van der Waals surface area contributed by atoms with Crippen molar-refractivity contribution in [2.24, 2.45) is 0 Å². The summed E-state index contributed by atoms with van der Waals surface area (Å²) in [5.41, 5.74) is 3.17. The number of hydrogen-bond acceptors (Lipinski definition) is 12. The summed E-state index contributed by atoms with van der Waals surface area (Å²) in [6.07, 6.45) is -1.04. The Labute approximate surface area is 571 Å². The molecule has 0 saturated heterocycles. The second-order valence-corrected chi connectivity index (χ2v) is 18.6. The van der Waals surface area contributed by atoms with Gasteiger partial charge in [-0.2, -0.15) is 0 Å². The maximum atomic E-state index is 13.1. The van der Waals surface area contributed by atoms with E-state index in [1.165, 1.54) is 19.9 Å². The third-order valence-corrected chi connectivity index (χ3v) is 12.4. The highest BCUT2D eigenvalue weighted by molar-refractivity contribution is 5.99. The first-order chi connectivity index (χ1) is 54.3. The molecule has 0 atom stereocenters. The Kier molecular flexibility index (Phi) is 17.0. The highest BCUT2D eigenvalue weighted by Gasteiger charge is 2.19. The summed E-state index contributed by atoms with van der Waals surface area (Å²) < 4.78 is 271. The summed E-state index contributed by atoms with van der Waals surface area (Å²) in [7, 11) is 0. The zero-order valence-electron chi connectivity index (χ0n) is 79.9. The minimum atomic E-state index is -3.27.